The average Bonchev–Trinajstić information content (AvgIpc) is 2.42. The van der Waals surface area contributed by atoms with Gasteiger partial charge in [-0.2, -0.15) is 13.2 Å². The van der Waals surface area contributed by atoms with Gasteiger partial charge >= 0.3 is 6.18 Å². The lowest BCUT2D eigenvalue weighted by atomic mass is 9.66. The molecule has 0 aromatic carbocycles. The Labute approximate surface area is 103 Å². The first kappa shape index (κ1) is 14.8. The van der Waals surface area contributed by atoms with Crippen LogP contribution in [0.4, 0.5) is 13.2 Å². The van der Waals surface area contributed by atoms with Gasteiger partial charge in [0.1, 0.15) is 0 Å². The molecular weight excluding hydrogens is 225 g/mol. The van der Waals surface area contributed by atoms with Crippen LogP contribution in [0.2, 0.25) is 0 Å². The van der Waals surface area contributed by atoms with Gasteiger partial charge in [-0.1, -0.05) is 41.5 Å². The molecule has 1 saturated carbocycles. The van der Waals surface area contributed by atoms with Crippen LogP contribution in [0.15, 0.2) is 0 Å². The molecule has 1 aliphatic rings. The molecule has 0 aliphatic heterocycles. The fourth-order valence-electron chi connectivity index (χ4n) is 3.22. The van der Waals surface area contributed by atoms with Gasteiger partial charge < -0.3 is 0 Å². The number of rotatable bonds is 0. The summed E-state index contributed by atoms with van der Waals surface area (Å²) in [6.07, 6.45) is -3.42. The van der Waals surface area contributed by atoms with Crippen LogP contribution in [0, 0.1) is 28.6 Å². The molecule has 2 unspecified atom stereocenters. The molecule has 1 rings (SSSR count). The first-order valence-electron chi connectivity index (χ1n) is 6.40. The lowest BCUT2D eigenvalue weighted by molar-refractivity contribution is -0.174. The molecule has 0 radical (unpaired) electrons. The van der Waals surface area contributed by atoms with Crippen LogP contribution in [0.3, 0.4) is 0 Å². The third-order valence-corrected chi connectivity index (χ3v) is 4.25. The van der Waals surface area contributed by atoms with Gasteiger partial charge in [0.2, 0.25) is 0 Å². The van der Waals surface area contributed by atoms with Crippen LogP contribution in [-0.2, 0) is 0 Å². The molecule has 0 N–H and O–H groups in total. The van der Waals surface area contributed by atoms with E-state index in [1.54, 1.807) is 0 Å². The van der Waals surface area contributed by atoms with E-state index in [9.17, 15) is 13.2 Å². The van der Waals surface area contributed by atoms with E-state index in [0.717, 1.165) is 0 Å². The van der Waals surface area contributed by atoms with Crippen molar-refractivity contribution >= 4 is 0 Å². The van der Waals surface area contributed by atoms with Gasteiger partial charge in [0.25, 0.3) is 0 Å². The van der Waals surface area contributed by atoms with Crippen molar-refractivity contribution in [1.82, 2.24) is 0 Å². The van der Waals surface area contributed by atoms with Gasteiger partial charge in [0.05, 0.1) is 5.92 Å². The third-order valence-electron chi connectivity index (χ3n) is 4.25. The van der Waals surface area contributed by atoms with Crippen LogP contribution in [0.1, 0.15) is 54.4 Å². The molecule has 0 spiro atoms. The Kier molecular flexibility index (Phi) is 3.64. The Bertz CT molecular complexity index is 243. The molecule has 0 aromatic heterocycles. The van der Waals surface area contributed by atoms with Crippen molar-refractivity contribution in [3.63, 3.8) is 0 Å². The van der Waals surface area contributed by atoms with Gasteiger partial charge in [-0.3, -0.25) is 0 Å². The largest absolute Gasteiger partial charge is 0.391 e. The molecule has 102 valence electrons. The van der Waals surface area contributed by atoms with Crippen molar-refractivity contribution < 1.29 is 13.2 Å². The highest BCUT2D eigenvalue weighted by atomic mass is 19.4. The molecule has 0 bridgehead atoms. The lowest BCUT2D eigenvalue weighted by Gasteiger charge is -2.39. The number of hydrogen-bond donors (Lipinski definition) is 0. The highest BCUT2D eigenvalue weighted by molar-refractivity contribution is 4.96. The molecule has 17 heavy (non-hydrogen) atoms. The first-order chi connectivity index (χ1) is 7.33. The smallest absolute Gasteiger partial charge is 0.171 e. The second-order valence-electron chi connectivity index (χ2n) is 7.65. The van der Waals surface area contributed by atoms with Crippen molar-refractivity contribution in [1.29, 1.82) is 0 Å². The van der Waals surface area contributed by atoms with E-state index < -0.39 is 12.1 Å². The normalized spacial score (nSPS) is 31.9. The minimum Gasteiger partial charge on any atom is -0.171 e. The predicted octanol–water partition coefficient (Wildman–Crippen LogP) is 5.28. The SMILES string of the molecule is CC(C)(C)C1CC(C(F)(F)F)CC1C(C)(C)C. The second kappa shape index (κ2) is 4.17. The Hall–Kier alpha value is -0.210. The van der Waals surface area contributed by atoms with Gasteiger partial charge in [-0.15, -0.1) is 0 Å². The molecule has 0 heterocycles. The molecule has 1 aliphatic carbocycles. The number of hydrogen-bond acceptors (Lipinski definition) is 0. The molecule has 1 fully saturated rings. The zero-order chi connectivity index (χ0) is 13.6. The van der Waals surface area contributed by atoms with Crippen LogP contribution in [0.25, 0.3) is 0 Å². The van der Waals surface area contributed by atoms with Crippen molar-refractivity contribution in [3.8, 4) is 0 Å². The van der Waals surface area contributed by atoms with Crippen molar-refractivity contribution in [2.75, 3.05) is 0 Å². The van der Waals surface area contributed by atoms with E-state index >= 15 is 0 Å². The first-order valence-corrected chi connectivity index (χ1v) is 6.40. The summed E-state index contributed by atoms with van der Waals surface area (Å²) < 4.78 is 38.7. The summed E-state index contributed by atoms with van der Waals surface area (Å²) in [6.45, 7) is 12.4. The number of alkyl halides is 3. The Morgan fingerprint density at radius 1 is 0.706 bits per heavy atom. The standard InChI is InChI=1S/C14H25F3/c1-12(2,3)10-7-9(14(15,16)17)8-11(10)13(4,5)6/h9-11H,7-8H2,1-6H3. The van der Waals surface area contributed by atoms with Crippen LogP contribution in [-0.4, -0.2) is 6.18 Å². The minimum absolute atomic E-state index is 0.0437. The summed E-state index contributed by atoms with van der Waals surface area (Å²) in [4.78, 5) is 0. The molecule has 0 nitrogen and oxygen atoms in total. The molecular formula is C14H25F3. The lowest BCUT2D eigenvalue weighted by Crippen LogP contribution is -2.32. The zero-order valence-corrected chi connectivity index (χ0v) is 11.8. The summed E-state index contributed by atoms with van der Waals surface area (Å²) in [7, 11) is 0. The highest BCUT2D eigenvalue weighted by Crippen LogP contribution is 2.56. The van der Waals surface area contributed by atoms with Crippen molar-refractivity contribution in [2.45, 2.75) is 60.6 Å². The third kappa shape index (κ3) is 3.38. The summed E-state index contributed by atoms with van der Waals surface area (Å²) >= 11 is 0. The highest BCUT2D eigenvalue weighted by Gasteiger charge is 2.53. The van der Waals surface area contributed by atoms with E-state index in [2.05, 4.69) is 41.5 Å². The topological polar surface area (TPSA) is 0 Å². The Morgan fingerprint density at radius 3 is 1.18 bits per heavy atom. The van der Waals surface area contributed by atoms with Crippen molar-refractivity contribution in [2.24, 2.45) is 28.6 Å². The fourth-order valence-corrected chi connectivity index (χ4v) is 3.22. The molecule has 2 atom stereocenters. The van der Waals surface area contributed by atoms with E-state index in [1.807, 2.05) is 0 Å². The summed E-state index contributed by atoms with van der Waals surface area (Å²) in [5.41, 5.74) is -0.0874. The van der Waals surface area contributed by atoms with E-state index in [4.69, 9.17) is 0 Å². The maximum atomic E-state index is 12.9. The Balaban J connectivity index is 2.96. The van der Waals surface area contributed by atoms with Crippen LogP contribution < -0.4 is 0 Å². The van der Waals surface area contributed by atoms with Gasteiger partial charge in [0.15, 0.2) is 0 Å². The summed E-state index contributed by atoms with van der Waals surface area (Å²) in [6, 6.07) is 0. The molecule has 0 saturated heterocycles. The molecule has 0 aromatic rings. The molecule has 0 amide bonds. The minimum atomic E-state index is -4.02. The van der Waals surface area contributed by atoms with Gasteiger partial charge in [0, 0.05) is 0 Å². The average molecular weight is 250 g/mol. The van der Waals surface area contributed by atoms with Gasteiger partial charge in [-0.05, 0) is 35.5 Å². The number of halogens is 3. The predicted molar refractivity (Wildman–Crippen MR) is 64.7 cm³/mol. The van der Waals surface area contributed by atoms with Crippen LogP contribution in [0.5, 0.6) is 0 Å². The second-order valence-corrected chi connectivity index (χ2v) is 7.65. The zero-order valence-electron chi connectivity index (χ0n) is 11.8. The Morgan fingerprint density at radius 2 is 1.00 bits per heavy atom. The van der Waals surface area contributed by atoms with Crippen LogP contribution >= 0.6 is 0 Å². The van der Waals surface area contributed by atoms with E-state index in [-0.39, 0.29) is 22.7 Å². The quantitative estimate of drug-likeness (QED) is 0.548. The molecule has 3 heteroatoms. The summed E-state index contributed by atoms with van der Waals surface area (Å²) in [5.74, 6) is -0.779. The van der Waals surface area contributed by atoms with E-state index in [0.29, 0.717) is 12.8 Å². The monoisotopic (exact) mass is 250 g/mol. The maximum Gasteiger partial charge on any atom is 0.391 e. The van der Waals surface area contributed by atoms with E-state index in [1.165, 1.54) is 0 Å². The maximum absolute atomic E-state index is 12.9. The fraction of sp³-hybridized carbons (Fsp3) is 1.00. The van der Waals surface area contributed by atoms with Gasteiger partial charge in [-0.25, -0.2) is 0 Å². The van der Waals surface area contributed by atoms with Crippen molar-refractivity contribution in [3.05, 3.63) is 0 Å². The summed E-state index contributed by atoms with van der Waals surface area (Å²) in [5, 5.41) is 0.